The average molecular weight is 245 g/mol. The Morgan fingerprint density at radius 3 is 2.62 bits per heavy atom. The van der Waals surface area contributed by atoms with Gasteiger partial charge in [0.15, 0.2) is 0 Å². The Kier molecular flexibility index (Phi) is 3.08. The van der Waals surface area contributed by atoms with Gasteiger partial charge in [0.25, 0.3) is 0 Å². The van der Waals surface area contributed by atoms with E-state index < -0.39 is 22.4 Å². The van der Waals surface area contributed by atoms with Crippen molar-refractivity contribution in [3.63, 3.8) is 0 Å². The van der Waals surface area contributed by atoms with Crippen LogP contribution in [0.5, 0.6) is 0 Å². The van der Waals surface area contributed by atoms with Crippen LogP contribution in [-0.2, 0) is 10.8 Å². The third-order valence-corrected chi connectivity index (χ3v) is 4.03. The normalized spacial score (nSPS) is 23.8. The summed E-state index contributed by atoms with van der Waals surface area (Å²) in [6.45, 7) is 3.83. The molecule has 1 aromatic carbocycles. The fourth-order valence-corrected chi connectivity index (χ4v) is 3.46. The Bertz CT molecular complexity index is 448. The summed E-state index contributed by atoms with van der Waals surface area (Å²) in [5.74, 6) is -0.825. The van der Waals surface area contributed by atoms with Crippen LogP contribution in [0, 0.1) is 11.6 Å². The summed E-state index contributed by atoms with van der Waals surface area (Å²) in [6.07, 6.45) is 0. The molecule has 0 saturated carbocycles. The minimum atomic E-state index is -1.44. The highest BCUT2D eigenvalue weighted by Gasteiger charge is 2.34. The topological polar surface area (TPSA) is 29.1 Å². The highest BCUT2D eigenvalue weighted by atomic mass is 32.2. The summed E-state index contributed by atoms with van der Waals surface area (Å²) >= 11 is 0. The number of hydrogen-bond donors (Lipinski definition) is 1. The van der Waals surface area contributed by atoms with Crippen molar-refractivity contribution < 1.29 is 13.0 Å². The van der Waals surface area contributed by atoms with E-state index in [4.69, 9.17) is 0 Å². The molecule has 2 atom stereocenters. The minimum absolute atomic E-state index is 0.0261. The highest BCUT2D eigenvalue weighted by Crippen LogP contribution is 2.34. The second-order valence-electron chi connectivity index (χ2n) is 4.16. The van der Waals surface area contributed by atoms with E-state index in [-0.39, 0.29) is 28.3 Å². The van der Waals surface area contributed by atoms with Crippen LogP contribution in [-0.4, -0.2) is 16.0 Å². The molecule has 0 aromatic heterocycles. The van der Waals surface area contributed by atoms with Gasteiger partial charge in [0.2, 0.25) is 0 Å². The molecule has 1 aliphatic rings. The van der Waals surface area contributed by atoms with Gasteiger partial charge >= 0.3 is 0 Å². The van der Waals surface area contributed by atoms with Crippen LogP contribution >= 0.6 is 0 Å². The molecule has 1 N–H and O–H groups in total. The maximum Gasteiger partial charge on any atom is 0.139 e. The molecule has 2 rings (SSSR count). The van der Waals surface area contributed by atoms with Crippen LogP contribution in [0.4, 0.5) is 8.78 Å². The molecule has 2 unspecified atom stereocenters. The SMILES string of the molecule is CC(C)NC1CS(=O)c2c(F)ccc(F)c21. The van der Waals surface area contributed by atoms with Crippen molar-refractivity contribution in [1.29, 1.82) is 0 Å². The van der Waals surface area contributed by atoms with Crippen molar-refractivity contribution in [2.45, 2.75) is 30.8 Å². The van der Waals surface area contributed by atoms with Crippen molar-refractivity contribution in [2.75, 3.05) is 5.75 Å². The van der Waals surface area contributed by atoms with Gasteiger partial charge in [-0.15, -0.1) is 0 Å². The lowest BCUT2D eigenvalue weighted by Gasteiger charge is -2.16. The highest BCUT2D eigenvalue weighted by molar-refractivity contribution is 7.85. The van der Waals surface area contributed by atoms with Crippen LogP contribution in [0.1, 0.15) is 25.5 Å². The van der Waals surface area contributed by atoms with Gasteiger partial charge in [-0.3, -0.25) is 4.21 Å². The van der Waals surface area contributed by atoms with Crippen LogP contribution in [0.3, 0.4) is 0 Å². The summed E-state index contributed by atoms with van der Waals surface area (Å²) in [4.78, 5) is 0.0261. The van der Waals surface area contributed by atoms with E-state index in [0.717, 1.165) is 12.1 Å². The van der Waals surface area contributed by atoms with E-state index in [0.29, 0.717) is 0 Å². The molecule has 1 heterocycles. The first-order valence-electron chi connectivity index (χ1n) is 5.13. The van der Waals surface area contributed by atoms with Crippen LogP contribution < -0.4 is 5.32 Å². The summed E-state index contributed by atoms with van der Waals surface area (Å²) in [5.41, 5.74) is 0.229. The lowest BCUT2D eigenvalue weighted by Crippen LogP contribution is -2.29. The van der Waals surface area contributed by atoms with Crippen LogP contribution in [0.15, 0.2) is 17.0 Å². The van der Waals surface area contributed by atoms with Crippen molar-refractivity contribution in [1.82, 2.24) is 5.32 Å². The van der Waals surface area contributed by atoms with E-state index >= 15 is 0 Å². The van der Waals surface area contributed by atoms with Crippen LogP contribution in [0.2, 0.25) is 0 Å². The standard InChI is InChI=1S/C11H13F2NOS/c1-6(2)14-9-5-16(15)11-8(13)4-3-7(12)10(9)11/h3-4,6,9,14H,5H2,1-2H3. The zero-order valence-electron chi connectivity index (χ0n) is 9.09. The molecule has 0 radical (unpaired) electrons. The van der Waals surface area contributed by atoms with E-state index in [9.17, 15) is 13.0 Å². The molecule has 0 amide bonds. The third-order valence-electron chi connectivity index (χ3n) is 2.52. The van der Waals surface area contributed by atoms with Crippen molar-refractivity contribution in [3.8, 4) is 0 Å². The molecular formula is C11H13F2NOS. The predicted molar refractivity (Wildman–Crippen MR) is 58.6 cm³/mol. The molecule has 1 aliphatic heterocycles. The fraction of sp³-hybridized carbons (Fsp3) is 0.455. The Morgan fingerprint density at radius 2 is 2.00 bits per heavy atom. The average Bonchev–Trinajstić information content (AvgIpc) is 2.49. The quantitative estimate of drug-likeness (QED) is 0.864. The number of nitrogens with one attached hydrogen (secondary N) is 1. The second kappa shape index (κ2) is 4.22. The van der Waals surface area contributed by atoms with Gasteiger partial charge in [-0.25, -0.2) is 8.78 Å². The van der Waals surface area contributed by atoms with Gasteiger partial charge in [-0.1, -0.05) is 13.8 Å². The van der Waals surface area contributed by atoms with Gasteiger partial charge in [0, 0.05) is 23.4 Å². The Morgan fingerprint density at radius 1 is 1.38 bits per heavy atom. The largest absolute Gasteiger partial charge is 0.307 e. The zero-order valence-corrected chi connectivity index (χ0v) is 9.91. The lowest BCUT2D eigenvalue weighted by molar-refractivity contribution is 0.479. The summed E-state index contributed by atoms with van der Waals surface area (Å²) in [7, 11) is -1.44. The molecule has 0 saturated heterocycles. The number of benzene rings is 1. The summed E-state index contributed by atoms with van der Waals surface area (Å²) < 4.78 is 38.7. The number of rotatable bonds is 2. The molecule has 2 nitrogen and oxygen atoms in total. The van der Waals surface area contributed by atoms with E-state index in [1.54, 1.807) is 0 Å². The third kappa shape index (κ3) is 1.89. The van der Waals surface area contributed by atoms with Crippen molar-refractivity contribution in [3.05, 3.63) is 29.3 Å². The summed E-state index contributed by atoms with van der Waals surface area (Å²) in [5, 5.41) is 3.10. The maximum absolute atomic E-state index is 13.6. The Balaban J connectivity index is 2.48. The minimum Gasteiger partial charge on any atom is -0.307 e. The first-order chi connectivity index (χ1) is 7.50. The number of hydrogen-bond acceptors (Lipinski definition) is 2. The molecule has 16 heavy (non-hydrogen) atoms. The predicted octanol–water partition coefficient (Wildman–Crippen LogP) is 2.13. The number of fused-ring (bicyclic) bond motifs is 1. The molecule has 1 aromatic rings. The zero-order chi connectivity index (χ0) is 11.9. The Hall–Kier alpha value is -0.810. The van der Waals surface area contributed by atoms with Crippen molar-refractivity contribution >= 4 is 10.8 Å². The van der Waals surface area contributed by atoms with Gasteiger partial charge in [-0.2, -0.15) is 0 Å². The first-order valence-corrected chi connectivity index (χ1v) is 6.45. The smallest absolute Gasteiger partial charge is 0.139 e. The van der Waals surface area contributed by atoms with E-state index in [2.05, 4.69) is 5.32 Å². The lowest BCUT2D eigenvalue weighted by atomic mass is 10.1. The second-order valence-corrected chi connectivity index (χ2v) is 5.59. The maximum atomic E-state index is 13.6. The van der Waals surface area contributed by atoms with Gasteiger partial charge in [0.1, 0.15) is 11.6 Å². The molecular weight excluding hydrogens is 232 g/mol. The summed E-state index contributed by atoms with van der Waals surface area (Å²) in [6, 6.07) is 1.90. The fourth-order valence-electron chi connectivity index (χ4n) is 1.96. The molecule has 0 bridgehead atoms. The molecule has 0 aliphatic carbocycles. The van der Waals surface area contributed by atoms with E-state index in [1.165, 1.54) is 0 Å². The molecule has 0 spiro atoms. The van der Waals surface area contributed by atoms with Gasteiger partial charge in [0.05, 0.1) is 15.7 Å². The number of halogens is 2. The molecule has 88 valence electrons. The Labute approximate surface area is 95.5 Å². The first kappa shape index (κ1) is 11.7. The van der Waals surface area contributed by atoms with Gasteiger partial charge in [-0.05, 0) is 12.1 Å². The monoisotopic (exact) mass is 245 g/mol. The van der Waals surface area contributed by atoms with Crippen LogP contribution in [0.25, 0.3) is 0 Å². The van der Waals surface area contributed by atoms with E-state index in [1.807, 2.05) is 13.8 Å². The van der Waals surface area contributed by atoms with Gasteiger partial charge < -0.3 is 5.32 Å². The van der Waals surface area contributed by atoms with Crippen molar-refractivity contribution in [2.24, 2.45) is 0 Å². The molecule has 5 heteroatoms. The molecule has 0 fully saturated rings.